The predicted molar refractivity (Wildman–Crippen MR) is 88.9 cm³/mol. The fourth-order valence-corrected chi connectivity index (χ4v) is 2.31. The quantitative estimate of drug-likeness (QED) is 0.828. The Morgan fingerprint density at radius 2 is 1.60 bits per heavy atom. The molecule has 0 amide bonds. The summed E-state index contributed by atoms with van der Waals surface area (Å²) < 4.78 is 0. The SMILES string of the molecule is CC(NCC(CN)C(C)C)c1ccc(C(C)(C)C)cc1. The van der Waals surface area contributed by atoms with Crippen molar-refractivity contribution in [3.63, 3.8) is 0 Å². The van der Waals surface area contributed by atoms with Crippen LogP contribution in [0.4, 0.5) is 0 Å². The molecule has 2 unspecified atom stereocenters. The molecule has 2 nitrogen and oxygen atoms in total. The Labute approximate surface area is 125 Å². The molecular formula is C18H32N2. The second kappa shape index (κ2) is 7.24. The van der Waals surface area contributed by atoms with E-state index in [2.05, 4.69) is 71.1 Å². The molecule has 2 heteroatoms. The van der Waals surface area contributed by atoms with E-state index in [4.69, 9.17) is 5.73 Å². The highest BCUT2D eigenvalue weighted by atomic mass is 14.9. The molecule has 0 fully saturated rings. The summed E-state index contributed by atoms with van der Waals surface area (Å²) in [5.41, 5.74) is 8.78. The Kier molecular flexibility index (Phi) is 6.22. The summed E-state index contributed by atoms with van der Waals surface area (Å²) in [6.45, 7) is 15.2. The molecule has 20 heavy (non-hydrogen) atoms. The normalized spacial score (nSPS) is 15.4. The van der Waals surface area contributed by atoms with Crippen LogP contribution >= 0.6 is 0 Å². The van der Waals surface area contributed by atoms with Gasteiger partial charge in [-0.1, -0.05) is 58.9 Å². The molecule has 0 saturated carbocycles. The van der Waals surface area contributed by atoms with E-state index in [1.165, 1.54) is 11.1 Å². The fourth-order valence-electron chi connectivity index (χ4n) is 2.31. The van der Waals surface area contributed by atoms with Gasteiger partial charge in [0.15, 0.2) is 0 Å². The molecule has 0 radical (unpaired) electrons. The van der Waals surface area contributed by atoms with Crippen LogP contribution in [0.15, 0.2) is 24.3 Å². The van der Waals surface area contributed by atoms with Crippen LogP contribution in [0.5, 0.6) is 0 Å². The van der Waals surface area contributed by atoms with Gasteiger partial charge in [0.2, 0.25) is 0 Å². The fraction of sp³-hybridized carbons (Fsp3) is 0.667. The van der Waals surface area contributed by atoms with Crippen molar-refractivity contribution in [1.29, 1.82) is 0 Å². The van der Waals surface area contributed by atoms with Crippen molar-refractivity contribution < 1.29 is 0 Å². The van der Waals surface area contributed by atoms with Gasteiger partial charge in [0.05, 0.1) is 0 Å². The first-order chi connectivity index (χ1) is 9.25. The number of rotatable bonds is 6. The van der Waals surface area contributed by atoms with E-state index in [9.17, 15) is 0 Å². The van der Waals surface area contributed by atoms with Crippen LogP contribution in [0.2, 0.25) is 0 Å². The third-order valence-corrected chi connectivity index (χ3v) is 4.21. The Balaban J connectivity index is 2.62. The Bertz CT molecular complexity index is 387. The zero-order valence-electron chi connectivity index (χ0n) is 14.0. The third-order valence-electron chi connectivity index (χ3n) is 4.21. The number of nitrogens with one attached hydrogen (secondary N) is 1. The van der Waals surface area contributed by atoms with E-state index in [0.717, 1.165) is 13.1 Å². The highest BCUT2D eigenvalue weighted by molar-refractivity contribution is 5.29. The minimum Gasteiger partial charge on any atom is -0.330 e. The van der Waals surface area contributed by atoms with Gasteiger partial charge in [0, 0.05) is 6.04 Å². The minimum absolute atomic E-state index is 0.220. The largest absolute Gasteiger partial charge is 0.330 e. The lowest BCUT2D eigenvalue weighted by Crippen LogP contribution is -2.33. The average molecular weight is 276 g/mol. The summed E-state index contributed by atoms with van der Waals surface area (Å²) in [7, 11) is 0. The summed E-state index contributed by atoms with van der Waals surface area (Å²) in [5.74, 6) is 1.18. The summed E-state index contributed by atoms with van der Waals surface area (Å²) >= 11 is 0. The van der Waals surface area contributed by atoms with Crippen LogP contribution in [-0.4, -0.2) is 13.1 Å². The van der Waals surface area contributed by atoms with E-state index in [-0.39, 0.29) is 5.41 Å². The highest BCUT2D eigenvalue weighted by Crippen LogP contribution is 2.24. The van der Waals surface area contributed by atoms with Crippen molar-refractivity contribution in [1.82, 2.24) is 5.32 Å². The summed E-state index contributed by atoms with van der Waals surface area (Å²) in [6.07, 6.45) is 0. The molecule has 1 rings (SSSR count). The van der Waals surface area contributed by atoms with Crippen molar-refractivity contribution in [3.05, 3.63) is 35.4 Å². The Morgan fingerprint density at radius 1 is 1.05 bits per heavy atom. The Hall–Kier alpha value is -0.860. The van der Waals surface area contributed by atoms with Crippen molar-refractivity contribution in [2.45, 2.75) is 53.0 Å². The van der Waals surface area contributed by atoms with Gasteiger partial charge in [0.1, 0.15) is 0 Å². The first kappa shape index (κ1) is 17.2. The summed E-state index contributed by atoms with van der Waals surface area (Å²) in [4.78, 5) is 0. The Morgan fingerprint density at radius 3 is 2.00 bits per heavy atom. The molecular weight excluding hydrogens is 244 g/mol. The van der Waals surface area contributed by atoms with Crippen LogP contribution in [-0.2, 0) is 5.41 Å². The molecule has 0 spiro atoms. The molecule has 1 aromatic rings. The first-order valence-corrected chi connectivity index (χ1v) is 7.79. The van der Waals surface area contributed by atoms with E-state index >= 15 is 0 Å². The second-order valence-electron chi connectivity index (χ2n) is 7.24. The molecule has 3 N–H and O–H groups in total. The van der Waals surface area contributed by atoms with Crippen LogP contribution in [0, 0.1) is 11.8 Å². The number of hydrogen-bond donors (Lipinski definition) is 2. The molecule has 0 bridgehead atoms. The molecule has 0 aromatic heterocycles. The summed E-state index contributed by atoms with van der Waals surface area (Å²) in [5, 5.41) is 3.61. The van der Waals surface area contributed by atoms with Gasteiger partial charge >= 0.3 is 0 Å². The number of benzene rings is 1. The molecule has 1 aromatic carbocycles. The van der Waals surface area contributed by atoms with Gasteiger partial charge in [-0.05, 0) is 48.4 Å². The molecule has 0 aliphatic carbocycles. The highest BCUT2D eigenvalue weighted by Gasteiger charge is 2.15. The van der Waals surface area contributed by atoms with Gasteiger partial charge in [-0.3, -0.25) is 0 Å². The van der Waals surface area contributed by atoms with Crippen LogP contribution in [0.3, 0.4) is 0 Å². The molecule has 2 atom stereocenters. The molecule has 0 heterocycles. The first-order valence-electron chi connectivity index (χ1n) is 7.79. The molecule has 0 saturated heterocycles. The zero-order valence-corrected chi connectivity index (χ0v) is 14.0. The molecule has 0 aliphatic heterocycles. The van der Waals surface area contributed by atoms with Crippen LogP contribution in [0.25, 0.3) is 0 Å². The molecule has 0 aliphatic rings. The minimum atomic E-state index is 0.220. The van der Waals surface area contributed by atoms with Crippen LogP contribution in [0.1, 0.15) is 58.7 Å². The topological polar surface area (TPSA) is 38.0 Å². The van der Waals surface area contributed by atoms with Gasteiger partial charge < -0.3 is 11.1 Å². The maximum absolute atomic E-state index is 5.83. The van der Waals surface area contributed by atoms with Crippen molar-refractivity contribution in [2.24, 2.45) is 17.6 Å². The standard InChI is InChI=1S/C18H32N2/c1-13(2)16(11-19)12-20-14(3)15-7-9-17(10-8-15)18(4,5)6/h7-10,13-14,16,20H,11-12,19H2,1-6H3. The van der Waals surface area contributed by atoms with E-state index in [1.807, 2.05) is 0 Å². The van der Waals surface area contributed by atoms with Gasteiger partial charge in [-0.25, -0.2) is 0 Å². The van der Waals surface area contributed by atoms with E-state index < -0.39 is 0 Å². The van der Waals surface area contributed by atoms with Crippen molar-refractivity contribution in [3.8, 4) is 0 Å². The van der Waals surface area contributed by atoms with Gasteiger partial charge in [-0.15, -0.1) is 0 Å². The number of nitrogens with two attached hydrogens (primary N) is 1. The van der Waals surface area contributed by atoms with Crippen molar-refractivity contribution in [2.75, 3.05) is 13.1 Å². The maximum Gasteiger partial charge on any atom is 0.0291 e. The monoisotopic (exact) mass is 276 g/mol. The zero-order chi connectivity index (χ0) is 15.3. The van der Waals surface area contributed by atoms with Crippen LogP contribution < -0.4 is 11.1 Å². The van der Waals surface area contributed by atoms with Gasteiger partial charge in [0.25, 0.3) is 0 Å². The van der Waals surface area contributed by atoms with Crippen molar-refractivity contribution >= 4 is 0 Å². The van der Waals surface area contributed by atoms with E-state index in [1.54, 1.807) is 0 Å². The molecule has 114 valence electrons. The predicted octanol–water partition coefficient (Wildman–Crippen LogP) is 3.87. The van der Waals surface area contributed by atoms with Gasteiger partial charge in [-0.2, -0.15) is 0 Å². The van der Waals surface area contributed by atoms with E-state index in [0.29, 0.717) is 17.9 Å². The third kappa shape index (κ3) is 4.92. The summed E-state index contributed by atoms with van der Waals surface area (Å²) in [6, 6.07) is 9.35. The number of hydrogen-bond acceptors (Lipinski definition) is 2. The lowest BCUT2D eigenvalue weighted by molar-refractivity contribution is 0.356. The average Bonchev–Trinajstić information content (AvgIpc) is 2.38. The lowest BCUT2D eigenvalue weighted by atomic mass is 9.86. The smallest absolute Gasteiger partial charge is 0.0291 e. The lowest BCUT2D eigenvalue weighted by Gasteiger charge is -2.24. The maximum atomic E-state index is 5.83. The second-order valence-corrected chi connectivity index (χ2v) is 7.24.